The number of aryl methyl sites for hydroxylation is 1. The summed E-state index contributed by atoms with van der Waals surface area (Å²) in [6, 6.07) is 4.36. The van der Waals surface area contributed by atoms with E-state index >= 15 is 0 Å². The summed E-state index contributed by atoms with van der Waals surface area (Å²) in [5, 5.41) is 7.57. The van der Waals surface area contributed by atoms with Gasteiger partial charge < -0.3 is 16.4 Å². The molecule has 0 aliphatic carbocycles. The second-order valence-corrected chi connectivity index (χ2v) is 4.76. The molecule has 1 saturated heterocycles. The molecule has 0 radical (unpaired) electrons. The van der Waals surface area contributed by atoms with Crippen molar-refractivity contribution in [3.05, 3.63) is 22.7 Å². The van der Waals surface area contributed by atoms with E-state index in [-0.39, 0.29) is 0 Å². The topological polar surface area (TPSA) is 50.1 Å². The molecule has 2 rings (SSSR count). The monoisotopic (exact) mass is 239 g/mol. The highest BCUT2D eigenvalue weighted by atomic mass is 35.5. The maximum Gasteiger partial charge on any atom is 0.0579 e. The molecule has 0 amide bonds. The van der Waals surface area contributed by atoms with E-state index in [4.69, 9.17) is 17.3 Å². The largest absolute Gasteiger partial charge is 0.397 e. The van der Waals surface area contributed by atoms with Crippen LogP contribution in [0.15, 0.2) is 12.1 Å². The molecule has 4 heteroatoms. The zero-order valence-electron chi connectivity index (χ0n) is 9.52. The van der Waals surface area contributed by atoms with E-state index in [1.165, 1.54) is 0 Å². The second kappa shape index (κ2) is 4.93. The molecule has 1 aromatic carbocycles. The van der Waals surface area contributed by atoms with Crippen LogP contribution in [-0.2, 0) is 0 Å². The van der Waals surface area contributed by atoms with Crippen LogP contribution in [0.5, 0.6) is 0 Å². The average molecular weight is 240 g/mol. The van der Waals surface area contributed by atoms with Crippen LogP contribution in [0.4, 0.5) is 11.4 Å². The summed E-state index contributed by atoms with van der Waals surface area (Å²) in [6.45, 7) is 4.14. The summed E-state index contributed by atoms with van der Waals surface area (Å²) >= 11 is 6.01. The van der Waals surface area contributed by atoms with Gasteiger partial charge in [0.1, 0.15) is 0 Å². The van der Waals surface area contributed by atoms with Gasteiger partial charge in [0.25, 0.3) is 0 Å². The van der Waals surface area contributed by atoms with Crippen molar-refractivity contribution in [2.45, 2.75) is 25.8 Å². The van der Waals surface area contributed by atoms with Crippen molar-refractivity contribution in [1.82, 2.24) is 5.32 Å². The molecule has 0 atom stereocenters. The Morgan fingerprint density at radius 2 is 2.06 bits per heavy atom. The molecule has 0 saturated carbocycles. The Balaban J connectivity index is 2.11. The number of rotatable bonds is 2. The Morgan fingerprint density at radius 3 is 2.75 bits per heavy atom. The number of nitrogen functional groups attached to an aromatic ring is 1. The van der Waals surface area contributed by atoms with Crippen molar-refractivity contribution in [2.24, 2.45) is 0 Å². The highest BCUT2D eigenvalue weighted by Gasteiger charge is 2.14. The first-order valence-corrected chi connectivity index (χ1v) is 6.07. The number of anilines is 2. The predicted octanol–water partition coefficient (Wildman–Crippen LogP) is 2.39. The van der Waals surface area contributed by atoms with E-state index in [0.717, 1.165) is 47.9 Å². The normalized spacial score (nSPS) is 17.4. The molecule has 1 aromatic rings. The predicted molar refractivity (Wildman–Crippen MR) is 70.1 cm³/mol. The Kier molecular flexibility index (Phi) is 3.56. The minimum Gasteiger partial charge on any atom is -0.397 e. The fourth-order valence-corrected chi connectivity index (χ4v) is 2.18. The lowest BCUT2D eigenvalue weighted by atomic mass is 10.1. The zero-order valence-corrected chi connectivity index (χ0v) is 10.3. The van der Waals surface area contributed by atoms with Crippen LogP contribution in [0.3, 0.4) is 0 Å². The summed E-state index contributed by atoms with van der Waals surface area (Å²) in [5.41, 5.74) is 8.75. The minimum atomic E-state index is 0.518. The summed E-state index contributed by atoms with van der Waals surface area (Å²) in [7, 11) is 0. The molecule has 0 spiro atoms. The van der Waals surface area contributed by atoms with Gasteiger partial charge in [-0.15, -0.1) is 0 Å². The Hall–Kier alpha value is -0.930. The number of benzene rings is 1. The van der Waals surface area contributed by atoms with Crippen LogP contribution in [0, 0.1) is 6.92 Å². The molecule has 1 aliphatic rings. The van der Waals surface area contributed by atoms with Crippen LogP contribution in [0.2, 0.25) is 5.02 Å². The van der Waals surface area contributed by atoms with E-state index in [0.29, 0.717) is 6.04 Å². The van der Waals surface area contributed by atoms with Gasteiger partial charge >= 0.3 is 0 Å². The van der Waals surface area contributed by atoms with Gasteiger partial charge in [0.2, 0.25) is 0 Å². The maximum atomic E-state index is 6.01. The van der Waals surface area contributed by atoms with Crippen molar-refractivity contribution in [1.29, 1.82) is 0 Å². The van der Waals surface area contributed by atoms with Gasteiger partial charge in [-0.05, 0) is 50.6 Å². The standard InChI is InChI=1S/C12H18ClN3/c1-8-6-12(11(14)7-10(8)13)16-9-2-4-15-5-3-9/h6-7,9,15-16H,2-5,14H2,1H3. The second-order valence-electron chi connectivity index (χ2n) is 4.36. The summed E-state index contributed by atoms with van der Waals surface area (Å²) in [6.07, 6.45) is 2.28. The number of nitrogens with two attached hydrogens (primary N) is 1. The number of hydrogen-bond donors (Lipinski definition) is 3. The number of halogens is 1. The smallest absolute Gasteiger partial charge is 0.0579 e. The van der Waals surface area contributed by atoms with Crippen molar-refractivity contribution in [2.75, 3.05) is 24.1 Å². The maximum absolute atomic E-state index is 6.01. The van der Waals surface area contributed by atoms with Crippen molar-refractivity contribution in [3.8, 4) is 0 Å². The first-order chi connectivity index (χ1) is 7.66. The minimum absolute atomic E-state index is 0.518. The molecule has 1 aliphatic heterocycles. The fraction of sp³-hybridized carbons (Fsp3) is 0.500. The summed E-state index contributed by atoms with van der Waals surface area (Å²) in [4.78, 5) is 0. The third-order valence-electron chi connectivity index (χ3n) is 3.03. The first-order valence-electron chi connectivity index (χ1n) is 5.69. The van der Waals surface area contributed by atoms with Gasteiger partial charge in [-0.1, -0.05) is 11.6 Å². The third-order valence-corrected chi connectivity index (χ3v) is 3.44. The van der Waals surface area contributed by atoms with Gasteiger partial charge in [0, 0.05) is 11.1 Å². The highest BCUT2D eigenvalue weighted by molar-refractivity contribution is 6.31. The summed E-state index contributed by atoms with van der Waals surface area (Å²) < 4.78 is 0. The van der Waals surface area contributed by atoms with Gasteiger partial charge in [-0.3, -0.25) is 0 Å². The van der Waals surface area contributed by atoms with E-state index < -0.39 is 0 Å². The van der Waals surface area contributed by atoms with Crippen LogP contribution in [-0.4, -0.2) is 19.1 Å². The molecule has 0 unspecified atom stereocenters. The molecule has 1 fully saturated rings. The quantitative estimate of drug-likeness (QED) is 0.695. The van der Waals surface area contributed by atoms with Crippen LogP contribution < -0.4 is 16.4 Å². The van der Waals surface area contributed by atoms with E-state index in [2.05, 4.69) is 10.6 Å². The summed E-state index contributed by atoms with van der Waals surface area (Å²) in [5.74, 6) is 0. The van der Waals surface area contributed by atoms with E-state index in [9.17, 15) is 0 Å². The van der Waals surface area contributed by atoms with Crippen LogP contribution >= 0.6 is 11.6 Å². The number of nitrogens with one attached hydrogen (secondary N) is 2. The van der Waals surface area contributed by atoms with Gasteiger partial charge in [0.05, 0.1) is 11.4 Å². The zero-order chi connectivity index (χ0) is 11.5. The van der Waals surface area contributed by atoms with E-state index in [1.807, 2.05) is 19.1 Å². The van der Waals surface area contributed by atoms with Gasteiger partial charge in [0.15, 0.2) is 0 Å². The van der Waals surface area contributed by atoms with E-state index in [1.54, 1.807) is 0 Å². The average Bonchev–Trinajstić information content (AvgIpc) is 2.27. The number of piperidine rings is 1. The van der Waals surface area contributed by atoms with Crippen molar-refractivity contribution >= 4 is 23.0 Å². The molecule has 88 valence electrons. The molecule has 3 nitrogen and oxygen atoms in total. The van der Waals surface area contributed by atoms with Crippen molar-refractivity contribution < 1.29 is 0 Å². The molecular weight excluding hydrogens is 222 g/mol. The Labute approximate surface area is 101 Å². The number of hydrogen-bond acceptors (Lipinski definition) is 3. The third kappa shape index (κ3) is 2.60. The Morgan fingerprint density at radius 1 is 1.38 bits per heavy atom. The first kappa shape index (κ1) is 11.6. The molecular formula is C12H18ClN3. The van der Waals surface area contributed by atoms with Gasteiger partial charge in [-0.2, -0.15) is 0 Å². The lowest BCUT2D eigenvalue weighted by Crippen LogP contribution is -2.35. The van der Waals surface area contributed by atoms with Crippen molar-refractivity contribution in [3.63, 3.8) is 0 Å². The van der Waals surface area contributed by atoms with Crippen LogP contribution in [0.1, 0.15) is 18.4 Å². The highest BCUT2D eigenvalue weighted by Crippen LogP contribution is 2.28. The Bertz CT molecular complexity index is 373. The fourth-order valence-electron chi connectivity index (χ4n) is 2.01. The lowest BCUT2D eigenvalue weighted by Gasteiger charge is -2.25. The van der Waals surface area contributed by atoms with Crippen LogP contribution in [0.25, 0.3) is 0 Å². The molecule has 4 N–H and O–H groups in total. The SMILES string of the molecule is Cc1cc(NC2CCNCC2)c(N)cc1Cl. The molecule has 0 bridgehead atoms. The molecule has 1 heterocycles. The van der Waals surface area contributed by atoms with Gasteiger partial charge in [-0.25, -0.2) is 0 Å². The lowest BCUT2D eigenvalue weighted by molar-refractivity contribution is 0.479. The molecule has 16 heavy (non-hydrogen) atoms. The molecule has 0 aromatic heterocycles.